The van der Waals surface area contributed by atoms with Crippen LogP contribution in [0.1, 0.15) is 58.4 Å². The maximum absolute atomic E-state index is 12.8. The average Bonchev–Trinajstić information content (AvgIpc) is 2.96. The third kappa shape index (κ3) is 11.8. The summed E-state index contributed by atoms with van der Waals surface area (Å²) in [6, 6.07) is 2.77. The molecule has 13 heteroatoms. The molecule has 1 saturated heterocycles. The van der Waals surface area contributed by atoms with Crippen molar-refractivity contribution in [2.75, 3.05) is 26.9 Å². The van der Waals surface area contributed by atoms with Crippen LogP contribution in [0, 0.1) is 5.92 Å². The largest absolute Gasteiger partial charge is 0.493 e. The molecule has 0 aliphatic carbocycles. The number of aliphatic carboxylic acids is 1. The van der Waals surface area contributed by atoms with E-state index >= 15 is 0 Å². The molecule has 2 rings (SSSR count). The predicted octanol–water partition coefficient (Wildman–Crippen LogP) is 1.78. The van der Waals surface area contributed by atoms with Crippen molar-refractivity contribution in [3.05, 3.63) is 29.8 Å². The van der Waals surface area contributed by atoms with Gasteiger partial charge in [-0.05, 0) is 55.9 Å². The second kappa shape index (κ2) is 17.6. The molecule has 3 amide bonds. The fraction of sp³-hybridized carbons (Fsp3) is 0.552. The van der Waals surface area contributed by atoms with E-state index in [-0.39, 0.29) is 25.7 Å². The standard InChI is InChI=1S/C29H41N3O10/c1-5-40-25(35)14-11-20(29(37)38)31-28(36)27(18(2)3)32-24(34)17-30-23(33)13-10-19-9-12-21(22(16-19)39-4)42-26-8-6-7-15-41-26/h9-10,12-13,16,18,20,26-27H,5-8,11,14-15,17H2,1-4H3,(H,30,33)(H,31,36)(H,32,34)(H,37,38)/b13-10+/t20-,26?,27+/m1/s1. The van der Waals surface area contributed by atoms with E-state index in [1.807, 2.05) is 0 Å². The minimum atomic E-state index is -1.34. The van der Waals surface area contributed by atoms with Gasteiger partial charge in [0, 0.05) is 18.9 Å². The Bertz CT molecular complexity index is 1110. The number of hydrogen-bond donors (Lipinski definition) is 4. The van der Waals surface area contributed by atoms with Crippen LogP contribution >= 0.6 is 0 Å². The average molecular weight is 592 g/mol. The zero-order chi connectivity index (χ0) is 31.1. The van der Waals surface area contributed by atoms with Crippen molar-refractivity contribution in [3.8, 4) is 11.5 Å². The molecular weight excluding hydrogens is 550 g/mol. The highest BCUT2D eigenvalue weighted by molar-refractivity contribution is 5.95. The molecule has 232 valence electrons. The lowest BCUT2D eigenvalue weighted by molar-refractivity contribution is -0.145. The topological polar surface area (TPSA) is 179 Å². The normalized spacial score (nSPS) is 16.3. The van der Waals surface area contributed by atoms with Crippen molar-refractivity contribution in [1.82, 2.24) is 16.0 Å². The summed E-state index contributed by atoms with van der Waals surface area (Å²) >= 11 is 0. The zero-order valence-electron chi connectivity index (χ0n) is 24.5. The molecule has 1 aromatic rings. The first-order valence-corrected chi connectivity index (χ1v) is 13.9. The number of rotatable bonds is 16. The van der Waals surface area contributed by atoms with Gasteiger partial charge in [-0.2, -0.15) is 0 Å². The predicted molar refractivity (Wildman–Crippen MR) is 151 cm³/mol. The maximum Gasteiger partial charge on any atom is 0.326 e. The molecule has 1 heterocycles. The van der Waals surface area contributed by atoms with E-state index in [2.05, 4.69) is 16.0 Å². The third-order valence-corrected chi connectivity index (χ3v) is 6.26. The van der Waals surface area contributed by atoms with Crippen LogP contribution in [-0.4, -0.2) is 80.0 Å². The molecule has 1 unspecified atom stereocenters. The maximum atomic E-state index is 12.8. The molecule has 4 N–H and O–H groups in total. The van der Waals surface area contributed by atoms with Crippen LogP contribution in [0.25, 0.3) is 6.08 Å². The lowest BCUT2D eigenvalue weighted by Crippen LogP contribution is -2.55. The van der Waals surface area contributed by atoms with Crippen molar-refractivity contribution < 1.29 is 48.0 Å². The van der Waals surface area contributed by atoms with Crippen molar-refractivity contribution in [2.24, 2.45) is 5.92 Å². The SMILES string of the molecule is CCOC(=O)CC[C@@H](NC(=O)[C@@H](NC(=O)CNC(=O)/C=C/c1ccc(OC2CCCCO2)c(OC)c1)C(C)C)C(=O)O. The van der Waals surface area contributed by atoms with Gasteiger partial charge in [0.2, 0.25) is 17.7 Å². The summed E-state index contributed by atoms with van der Waals surface area (Å²) in [5.74, 6) is -3.19. The van der Waals surface area contributed by atoms with Crippen molar-refractivity contribution >= 4 is 35.7 Å². The number of ether oxygens (including phenoxy) is 4. The summed E-state index contributed by atoms with van der Waals surface area (Å²) in [6.45, 7) is 5.37. The third-order valence-electron chi connectivity index (χ3n) is 6.26. The number of methoxy groups -OCH3 is 1. The van der Waals surface area contributed by atoms with E-state index in [0.717, 1.165) is 19.3 Å². The van der Waals surface area contributed by atoms with Crippen molar-refractivity contribution in [3.63, 3.8) is 0 Å². The Hall–Kier alpha value is -4.13. The number of esters is 1. The van der Waals surface area contributed by atoms with Gasteiger partial charge < -0.3 is 40.0 Å². The van der Waals surface area contributed by atoms with Crippen molar-refractivity contribution in [2.45, 2.75) is 71.2 Å². The van der Waals surface area contributed by atoms with Crippen LogP contribution in [-0.2, 0) is 33.4 Å². The second-order valence-corrected chi connectivity index (χ2v) is 9.91. The number of hydrogen-bond acceptors (Lipinski definition) is 9. The number of carbonyl (C=O) groups is 5. The molecular formula is C29H41N3O10. The molecule has 0 aromatic heterocycles. The summed E-state index contributed by atoms with van der Waals surface area (Å²) in [6.07, 6.45) is 4.93. The lowest BCUT2D eigenvalue weighted by Gasteiger charge is -2.24. The number of carbonyl (C=O) groups excluding carboxylic acids is 4. The molecule has 1 aromatic carbocycles. The molecule has 0 bridgehead atoms. The van der Waals surface area contributed by atoms with Crippen LogP contribution < -0.4 is 25.4 Å². The molecule has 0 spiro atoms. The highest BCUT2D eigenvalue weighted by atomic mass is 16.7. The first-order valence-electron chi connectivity index (χ1n) is 13.9. The quantitative estimate of drug-likeness (QED) is 0.164. The van der Waals surface area contributed by atoms with Gasteiger partial charge in [0.1, 0.15) is 12.1 Å². The Balaban J connectivity index is 1.88. The molecule has 3 atom stereocenters. The Morgan fingerprint density at radius 3 is 2.50 bits per heavy atom. The van der Waals surface area contributed by atoms with Gasteiger partial charge in [0.05, 0.1) is 26.9 Å². The summed E-state index contributed by atoms with van der Waals surface area (Å²) in [7, 11) is 1.51. The molecule has 13 nitrogen and oxygen atoms in total. The smallest absolute Gasteiger partial charge is 0.326 e. The fourth-order valence-electron chi connectivity index (χ4n) is 4.00. The summed E-state index contributed by atoms with van der Waals surface area (Å²) in [5.41, 5.74) is 0.663. The van der Waals surface area contributed by atoms with Crippen molar-refractivity contribution in [1.29, 1.82) is 0 Å². The summed E-state index contributed by atoms with van der Waals surface area (Å²) in [4.78, 5) is 60.7. The van der Waals surface area contributed by atoms with Crippen LogP contribution in [0.15, 0.2) is 24.3 Å². The Labute approximate surface area is 245 Å². The van der Waals surface area contributed by atoms with E-state index in [9.17, 15) is 29.1 Å². The Morgan fingerprint density at radius 1 is 1.12 bits per heavy atom. The van der Waals surface area contributed by atoms with E-state index in [1.54, 1.807) is 45.0 Å². The molecule has 0 radical (unpaired) electrons. The number of amides is 3. The Kier molecular flexibility index (Phi) is 14.3. The first kappa shape index (κ1) is 34.1. The first-order chi connectivity index (χ1) is 20.0. The van der Waals surface area contributed by atoms with Gasteiger partial charge in [-0.3, -0.25) is 19.2 Å². The molecule has 1 aliphatic rings. The molecule has 1 fully saturated rings. The molecule has 1 aliphatic heterocycles. The lowest BCUT2D eigenvalue weighted by atomic mass is 10.0. The van der Waals surface area contributed by atoms with Gasteiger partial charge in [-0.1, -0.05) is 19.9 Å². The highest BCUT2D eigenvalue weighted by Crippen LogP contribution is 2.31. The van der Waals surface area contributed by atoms with Gasteiger partial charge in [-0.15, -0.1) is 0 Å². The summed E-state index contributed by atoms with van der Waals surface area (Å²) < 4.78 is 21.7. The van der Waals surface area contributed by atoms with Gasteiger partial charge in [0.15, 0.2) is 17.8 Å². The van der Waals surface area contributed by atoms with Gasteiger partial charge in [0.25, 0.3) is 0 Å². The Morgan fingerprint density at radius 2 is 1.88 bits per heavy atom. The van der Waals surface area contributed by atoms with E-state index in [0.29, 0.717) is 23.7 Å². The second-order valence-electron chi connectivity index (χ2n) is 9.91. The summed E-state index contributed by atoms with van der Waals surface area (Å²) in [5, 5.41) is 16.7. The van der Waals surface area contributed by atoms with Crippen LogP contribution in [0.5, 0.6) is 11.5 Å². The minimum absolute atomic E-state index is 0.157. The number of carboxylic acids is 1. The van der Waals surface area contributed by atoms with E-state index in [4.69, 9.17) is 18.9 Å². The van der Waals surface area contributed by atoms with Gasteiger partial charge >= 0.3 is 11.9 Å². The molecule has 0 saturated carbocycles. The van der Waals surface area contributed by atoms with Crippen LogP contribution in [0.4, 0.5) is 0 Å². The number of benzene rings is 1. The highest BCUT2D eigenvalue weighted by Gasteiger charge is 2.29. The zero-order valence-corrected chi connectivity index (χ0v) is 24.5. The molecule has 42 heavy (non-hydrogen) atoms. The van der Waals surface area contributed by atoms with E-state index in [1.165, 1.54) is 13.2 Å². The number of nitrogens with one attached hydrogen (secondary N) is 3. The fourth-order valence-corrected chi connectivity index (χ4v) is 4.00. The van der Waals surface area contributed by atoms with E-state index < -0.39 is 54.2 Å². The number of carboxylic acid groups (broad SMARTS) is 1. The minimum Gasteiger partial charge on any atom is -0.493 e. The monoisotopic (exact) mass is 591 g/mol. The van der Waals surface area contributed by atoms with Gasteiger partial charge in [-0.25, -0.2) is 4.79 Å². The van der Waals surface area contributed by atoms with Crippen LogP contribution in [0.2, 0.25) is 0 Å². The van der Waals surface area contributed by atoms with Crippen LogP contribution in [0.3, 0.4) is 0 Å².